The lowest BCUT2D eigenvalue weighted by Crippen LogP contribution is -2.43. The molecular weight excluding hydrogens is 348 g/mol. The molecule has 0 saturated heterocycles. The molecule has 28 heavy (non-hydrogen) atoms. The van der Waals surface area contributed by atoms with E-state index in [9.17, 15) is 0 Å². The summed E-state index contributed by atoms with van der Waals surface area (Å²) in [6, 6.07) is 14.6. The molecule has 0 aliphatic carbocycles. The Kier molecular flexibility index (Phi) is 6.09. The lowest BCUT2D eigenvalue weighted by molar-refractivity contribution is 0.508. The molecule has 0 saturated carbocycles. The number of hydrogen-bond donors (Lipinski definition) is 2. The van der Waals surface area contributed by atoms with E-state index < -0.39 is 0 Å². The summed E-state index contributed by atoms with van der Waals surface area (Å²) < 4.78 is 1.96. The Balaban J connectivity index is 1.55. The number of imidazole rings is 1. The van der Waals surface area contributed by atoms with Crippen LogP contribution in [0.5, 0.6) is 0 Å². The van der Waals surface area contributed by atoms with Crippen LogP contribution in [0.2, 0.25) is 0 Å². The summed E-state index contributed by atoms with van der Waals surface area (Å²) in [5, 5.41) is 6.78. The van der Waals surface area contributed by atoms with Gasteiger partial charge in [0.2, 0.25) is 0 Å². The van der Waals surface area contributed by atoms with Crippen LogP contribution in [-0.4, -0.2) is 34.1 Å². The average molecular weight is 377 g/mol. The molecule has 2 aromatic heterocycles. The monoisotopic (exact) mass is 376 g/mol. The van der Waals surface area contributed by atoms with Crippen molar-refractivity contribution in [2.75, 3.05) is 13.6 Å². The fraction of sp³-hybridized carbons (Fsp3) is 0.318. The molecule has 0 aliphatic rings. The zero-order valence-corrected chi connectivity index (χ0v) is 17.0. The molecule has 0 unspecified atom stereocenters. The number of pyridine rings is 1. The quantitative estimate of drug-likeness (QED) is 0.512. The first-order chi connectivity index (χ1) is 13.5. The standard InChI is InChI=1S/C22H28N6/c1-17-24-12-13-28(17)20-11-10-18(14-25-20)15-26-21(23-4)27-16-22(2,3)19-8-6-5-7-9-19/h5-14H,15-16H2,1-4H3,(H2,23,26,27). The van der Waals surface area contributed by atoms with Gasteiger partial charge in [-0.15, -0.1) is 0 Å². The Bertz CT molecular complexity index is 910. The van der Waals surface area contributed by atoms with Gasteiger partial charge in [0.25, 0.3) is 0 Å². The third-order valence-electron chi connectivity index (χ3n) is 4.82. The maximum Gasteiger partial charge on any atom is 0.191 e. The number of guanidine groups is 1. The third kappa shape index (κ3) is 4.76. The van der Waals surface area contributed by atoms with Crippen LogP contribution in [0, 0.1) is 6.92 Å². The van der Waals surface area contributed by atoms with Gasteiger partial charge in [0.05, 0.1) is 0 Å². The SMILES string of the molecule is CN=C(NCc1ccc(-n2ccnc2C)nc1)NCC(C)(C)c1ccccc1. The molecule has 3 aromatic rings. The number of nitrogens with zero attached hydrogens (tertiary/aromatic N) is 4. The van der Waals surface area contributed by atoms with Gasteiger partial charge in [-0.2, -0.15) is 0 Å². The van der Waals surface area contributed by atoms with E-state index in [-0.39, 0.29) is 5.41 Å². The molecule has 0 atom stereocenters. The summed E-state index contributed by atoms with van der Waals surface area (Å²) in [4.78, 5) is 13.1. The molecule has 0 bridgehead atoms. The molecule has 0 amide bonds. The number of aliphatic imine (C=N–C) groups is 1. The Labute approximate surface area is 166 Å². The van der Waals surface area contributed by atoms with Gasteiger partial charge >= 0.3 is 0 Å². The predicted octanol–water partition coefficient (Wildman–Crippen LogP) is 3.22. The number of nitrogens with one attached hydrogen (secondary N) is 2. The summed E-state index contributed by atoms with van der Waals surface area (Å²) in [6.07, 6.45) is 5.57. The van der Waals surface area contributed by atoms with Crippen molar-refractivity contribution in [3.63, 3.8) is 0 Å². The summed E-state index contributed by atoms with van der Waals surface area (Å²) in [7, 11) is 1.79. The first-order valence-electron chi connectivity index (χ1n) is 9.45. The van der Waals surface area contributed by atoms with E-state index in [0.29, 0.717) is 6.54 Å². The molecule has 2 heterocycles. The summed E-state index contributed by atoms with van der Waals surface area (Å²) in [5.41, 5.74) is 2.39. The predicted molar refractivity (Wildman–Crippen MR) is 114 cm³/mol. The number of aryl methyl sites for hydroxylation is 1. The normalized spacial score (nSPS) is 12.1. The Morgan fingerprint density at radius 1 is 1.07 bits per heavy atom. The topological polar surface area (TPSA) is 67.1 Å². The molecule has 0 fully saturated rings. The largest absolute Gasteiger partial charge is 0.356 e. The molecule has 6 heteroatoms. The number of hydrogen-bond acceptors (Lipinski definition) is 3. The smallest absolute Gasteiger partial charge is 0.191 e. The second-order valence-corrected chi connectivity index (χ2v) is 7.40. The Morgan fingerprint density at radius 3 is 2.46 bits per heavy atom. The van der Waals surface area contributed by atoms with Crippen molar-refractivity contribution in [1.29, 1.82) is 0 Å². The van der Waals surface area contributed by atoms with E-state index in [1.165, 1.54) is 5.56 Å². The van der Waals surface area contributed by atoms with E-state index in [1.807, 2.05) is 36.0 Å². The average Bonchev–Trinajstić information content (AvgIpc) is 3.15. The first-order valence-corrected chi connectivity index (χ1v) is 9.45. The first kappa shape index (κ1) is 19.6. The zero-order chi connectivity index (χ0) is 20.0. The highest BCUT2D eigenvalue weighted by atomic mass is 15.2. The number of rotatable bonds is 6. The minimum absolute atomic E-state index is 0.00471. The lowest BCUT2D eigenvalue weighted by Gasteiger charge is -2.26. The minimum Gasteiger partial charge on any atom is -0.356 e. The van der Waals surface area contributed by atoms with E-state index in [4.69, 9.17) is 0 Å². The molecule has 2 N–H and O–H groups in total. The van der Waals surface area contributed by atoms with Crippen molar-refractivity contribution >= 4 is 5.96 Å². The van der Waals surface area contributed by atoms with Crippen LogP contribution in [0.3, 0.4) is 0 Å². The van der Waals surface area contributed by atoms with E-state index >= 15 is 0 Å². The van der Waals surface area contributed by atoms with Crippen LogP contribution in [0.15, 0.2) is 66.0 Å². The van der Waals surface area contributed by atoms with Crippen LogP contribution in [0.25, 0.3) is 5.82 Å². The lowest BCUT2D eigenvalue weighted by atomic mass is 9.85. The zero-order valence-electron chi connectivity index (χ0n) is 17.0. The van der Waals surface area contributed by atoms with Crippen molar-refractivity contribution in [1.82, 2.24) is 25.2 Å². The van der Waals surface area contributed by atoms with Crippen LogP contribution >= 0.6 is 0 Å². The van der Waals surface area contributed by atoms with Crippen LogP contribution in [0.1, 0.15) is 30.8 Å². The van der Waals surface area contributed by atoms with Gasteiger partial charge in [-0.3, -0.25) is 9.56 Å². The molecule has 0 radical (unpaired) electrons. The fourth-order valence-electron chi connectivity index (χ4n) is 2.99. The number of aromatic nitrogens is 3. The molecule has 146 valence electrons. The number of benzene rings is 1. The van der Waals surface area contributed by atoms with Gasteiger partial charge in [-0.25, -0.2) is 9.97 Å². The van der Waals surface area contributed by atoms with E-state index in [0.717, 1.165) is 29.7 Å². The molecule has 6 nitrogen and oxygen atoms in total. The van der Waals surface area contributed by atoms with Crippen molar-refractivity contribution in [2.24, 2.45) is 4.99 Å². The second kappa shape index (κ2) is 8.69. The van der Waals surface area contributed by atoms with E-state index in [1.54, 1.807) is 13.2 Å². The van der Waals surface area contributed by atoms with Crippen molar-refractivity contribution < 1.29 is 0 Å². The van der Waals surface area contributed by atoms with Crippen molar-refractivity contribution in [3.8, 4) is 5.82 Å². The highest BCUT2D eigenvalue weighted by molar-refractivity contribution is 5.79. The van der Waals surface area contributed by atoms with Gasteiger partial charge in [0.1, 0.15) is 11.6 Å². The summed E-state index contributed by atoms with van der Waals surface area (Å²) in [6.45, 7) is 7.85. The maximum atomic E-state index is 4.53. The summed E-state index contributed by atoms with van der Waals surface area (Å²) in [5.74, 6) is 2.56. The van der Waals surface area contributed by atoms with Crippen molar-refractivity contribution in [3.05, 3.63) is 78.0 Å². The van der Waals surface area contributed by atoms with Crippen molar-refractivity contribution in [2.45, 2.75) is 32.7 Å². The van der Waals surface area contributed by atoms with Crippen LogP contribution in [-0.2, 0) is 12.0 Å². The molecular formula is C22H28N6. The molecule has 0 aliphatic heterocycles. The van der Waals surface area contributed by atoms with Gasteiger partial charge in [-0.1, -0.05) is 50.2 Å². The maximum absolute atomic E-state index is 4.53. The van der Waals surface area contributed by atoms with E-state index in [2.05, 4.69) is 69.8 Å². The Morgan fingerprint density at radius 2 is 1.86 bits per heavy atom. The van der Waals surface area contributed by atoms with Gasteiger partial charge < -0.3 is 10.6 Å². The molecule has 3 rings (SSSR count). The molecule has 1 aromatic carbocycles. The fourth-order valence-corrected chi connectivity index (χ4v) is 2.99. The Hall–Kier alpha value is -3.15. The highest BCUT2D eigenvalue weighted by Crippen LogP contribution is 2.21. The molecule has 0 spiro atoms. The summed E-state index contributed by atoms with van der Waals surface area (Å²) >= 11 is 0. The van der Waals surface area contributed by atoms with Crippen LogP contribution < -0.4 is 10.6 Å². The van der Waals surface area contributed by atoms with Crippen LogP contribution in [0.4, 0.5) is 0 Å². The minimum atomic E-state index is 0.00471. The van der Waals surface area contributed by atoms with Gasteiger partial charge in [0.15, 0.2) is 5.96 Å². The second-order valence-electron chi connectivity index (χ2n) is 7.40. The van der Waals surface area contributed by atoms with Gasteiger partial charge in [-0.05, 0) is 24.1 Å². The highest BCUT2D eigenvalue weighted by Gasteiger charge is 2.20. The van der Waals surface area contributed by atoms with Gasteiger partial charge in [0, 0.05) is 44.1 Å². The third-order valence-corrected chi connectivity index (χ3v) is 4.82.